The Morgan fingerprint density at radius 1 is 0.958 bits per heavy atom. The smallest absolute Gasteiger partial charge is 0.102 e. The van der Waals surface area contributed by atoms with Crippen LogP contribution in [0.1, 0.15) is 88.7 Å². The molecule has 0 aromatic heterocycles. The van der Waals surface area contributed by atoms with E-state index in [1.165, 1.54) is 76.2 Å². The van der Waals surface area contributed by atoms with E-state index in [1.807, 2.05) is 12.1 Å². The number of nitriles is 1. The lowest BCUT2D eigenvalue weighted by Crippen LogP contribution is -2.44. The first-order valence-electron chi connectivity index (χ1n) is 9.44. The second kappa shape index (κ2) is 7.27. The zero-order valence-electron chi connectivity index (χ0n) is 14.6. The standard InChI is InChI=1S/C21H27Cl2N/c1-2-3-4-5-6-20-7-10-21(11-8-20,12-9-20)16-13-18(22)17(15-24)19(23)14-16/h13-14H,2-12H2,1H3. The lowest BCUT2D eigenvalue weighted by Gasteiger charge is -2.54. The zero-order chi connectivity index (χ0) is 17.2. The molecule has 0 amide bonds. The van der Waals surface area contributed by atoms with E-state index in [4.69, 9.17) is 28.5 Å². The summed E-state index contributed by atoms with van der Waals surface area (Å²) in [6, 6.07) is 6.12. The predicted octanol–water partition coefficient (Wildman–Crippen LogP) is 7.43. The van der Waals surface area contributed by atoms with Gasteiger partial charge in [0.25, 0.3) is 0 Å². The van der Waals surface area contributed by atoms with E-state index in [2.05, 4.69) is 13.0 Å². The van der Waals surface area contributed by atoms with E-state index in [0.29, 0.717) is 21.0 Å². The molecular formula is C21H27Cl2N. The Balaban J connectivity index is 1.72. The van der Waals surface area contributed by atoms with Crippen molar-refractivity contribution in [3.8, 4) is 6.07 Å². The molecule has 0 saturated heterocycles. The molecule has 0 heterocycles. The predicted molar refractivity (Wildman–Crippen MR) is 102 cm³/mol. The summed E-state index contributed by atoms with van der Waals surface area (Å²) >= 11 is 12.6. The molecule has 24 heavy (non-hydrogen) atoms. The minimum Gasteiger partial charge on any atom is -0.192 e. The van der Waals surface area contributed by atoms with Gasteiger partial charge in [-0.2, -0.15) is 5.26 Å². The van der Waals surface area contributed by atoms with E-state index in [9.17, 15) is 0 Å². The van der Waals surface area contributed by atoms with Crippen LogP contribution in [0, 0.1) is 16.7 Å². The van der Waals surface area contributed by atoms with Crippen molar-refractivity contribution in [2.24, 2.45) is 5.41 Å². The van der Waals surface area contributed by atoms with E-state index in [-0.39, 0.29) is 5.41 Å². The van der Waals surface area contributed by atoms with Gasteiger partial charge in [0.1, 0.15) is 6.07 Å². The molecule has 1 aromatic carbocycles. The Hall–Kier alpha value is -0.710. The van der Waals surface area contributed by atoms with Gasteiger partial charge in [-0.25, -0.2) is 0 Å². The SMILES string of the molecule is CCCCCCC12CCC(c3cc(Cl)c(C#N)c(Cl)c3)(CC1)CC2. The fourth-order valence-electron chi connectivity index (χ4n) is 4.98. The third kappa shape index (κ3) is 3.33. The van der Waals surface area contributed by atoms with Crippen LogP contribution in [0.5, 0.6) is 0 Å². The van der Waals surface area contributed by atoms with Crippen molar-refractivity contribution in [2.75, 3.05) is 0 Å². The van der Waals surface area contributed by atoms with Gasteiger partial charge < -0.3 is 0 Å². The van der Waals surface area contributed by atoms with E-state index in [1.54, 1.807) is 0 Å². The normalized spacial score (nSPS) is 28.8. The van der Waals surface area contributed by atoms with Gasteiger partial charge >= 0.3 is 0 Å². The fraction of sp³-hybridized carbons (Fsp3) is 0.667. The third-order valence-electron chi connectivity index (χ3n) is 6.73. The number of halogens is 2. The highest BCUT2D eigenvalue weighted by molar-refractivity contribution is 6.36. The number of hydrogen-bond donors (Lipinski definition) is 0. The van der Waals surface area contributed by atoms with Crippen molar-refractivity contribution < 1.29 is 0 Å². The summed E-state index contributed by atoms with van der Waals surface area (Å²) in [5, 5.41) is 10.2. The van der Waals surface area contributed by atoms with Gasteiger partial charge in [0.2, 0.25) is 0 Å². The van der Waals surface area contributed by atoms with Crippen LogP contribution in [-0.2, 0) is 5.41 Å². The van der Waals surface area contributed by atoms with Gasteiger partial charge in [0.05, 0.1) is 15.6 Å². The van der Waals surface area contributed by atoms with Crippen LogP contribution in [0.25, 0.3) is 0 Å². The molecule has 1 nitrogen and oxygen atoms in total. The highest BCUT2D eigenvalue weighted by atomic mass is 35.5. The van der Waals surface area contributed by atoms with Crippen molar-refractivity contribution in [1.82, 2.24) is 0 Å². The second-order valence-electron chi connectivity index (χ2n) is 8.02. The Kier molecular flexibility index (Phi) is 5.48. The van der Waals surface area contributed by atoms with Gasteiger partial charge in [-0.05, 0) is 73.5 Å². The average Bonchev–Trinajstić information content (AvgIpc) is 2.60. The summed E-state index contributed by atoms with van der Waals surface area (Å²) in [4.78, 5) is 0. The molecule has 3 aliphatic carbocycles. The Labute approximate surface area is 156 Å². The molecule has 2 bridgehead atoms. The van der Waals surface area contributed by atoms with Crippen molar-refractivity contribution in [3.05, 3.63) is 33.3 Å². The van der Waals surface area contributed by atoms with Crippen LogP contribution < -0.4 is 0 Å². The summed E-state index contributed by atoms with van der Waals surface area (Å²) in [5.41, 5.74) is 2.52. The van der Waals surface area contributed by atoms with Crippen molar-refractivity contribution in [1.29, 1.82) is 5.26 Å². The van der Waals surface area contributed by atoms with E-state index < -0.39 is 0 Å². The summed E-state index contributed by atoms with van der Waals surface area (Å²) in [6.45, 7) is 2.28. The first-order valence-corrected chi connectivity index (χ1v) is 10.2. The van der Waals surface area contributed by atoms with Gasteiger partial charge in [0, 0.05) is 0 Å². The molecule has 0 aliphatic heterocycles. The molecule has 3 heteroatoms. The first-order chi connectivity index (χ1) is 11.5. The molecule has 3 saturated carbocycles. The molecule has 130 valence electrons. The number of benzene rings is 1. The van der Waals surface area contributed by atoms with E-state index in [0.717, 1.165) is 0 Å². The molecule has 0 N–H and O–H groups in total. The Morgan fingerprint density at radius 3 is 2.04 bits per heavy atom. The maximum atomic E-state index is 9.17. The van der Waals surface area contributed by atoms with Crippen LogP contribution in [0.15, 0.2) is 12.1 Å². The van der Waals surface area contributed by atoms with Crippen LogP contribution in [0.4, 0.5) is 0 Å². The molecule has 3 aliphatic rings. The number of hydrogen-bond acceptors (Lipinski definition) is 1. The largest absolute Gasteiger partial charge is 0.192 e. The van der Waals surface area contributed by atoms with Crippen LogP contribution >= 0.6 is 23.2 Å². The van der Waals surface area contributed by atoms with Crippen LogP contribution in [0.3, 0.4) is 0 Å². The number of unbranched alkanes of at least 4 members (excludes halogenated alkanes) is 3. The highest BCUT2D eigenvalue weighted by Gasteiger charge is 2.48. The minimum atomic E-state index is 0.242. The van der Waals surface area contributed by atoms with Gasteiger partial charge in [-0.3, -0.25) is 0 Å². The third-order valence-corrected chi connectivity index (χ3v) is 7.32. The first kappa shape index (κ1) is 18.1. The highest BCUT2D eigenvalue weighted by Crippen LogP contribution is 2.60. The average molecular weight is 364 g/mol. The molecule has 0 spiro atoms. The van der Waals surface area contributed by atoms with Gasteiger partial charge in [-0.1, -0.05) is 55.8 Å². The number of fused-ring (bicyclic) bond motifs is 3. The lowest BCUT2D eigenvalue weighted by atomic mass is 9.51. The second-order valence-corrected chi connectivity index (χ2v) is 8.83. The number of rotatable bonds is 6. The van der Waals surface area contributed by atoms with Gasteiger partial charge in [-0.15, -0.1) is 0 Å². The Bertz CT molecular complexity index is 596. The molecule has 3 fully saturated rings. The monoisotopic (exact) mass is 363 g/mol. The van der Waals surface area contributed by atoms with Crippen LogP contribution in [-0.4, -0.2) is 0 Å². The summed E-state index contributed by atoms with van der Waals surface area (Å²) < 4.78 is 0. The molecular weight excluding hydrogens is 337 g/mol. The maximum Gasteiger partial charge on any atom is 0.102 e. The van der Waals surface area contributed by atoms with Crippen molar-refractivity contribution in [2.45, 2.75) is 83.0 Å². The molecule has 0 radical (unpaired) electrons. The molecule has 0 unspecified atom stereocenters. The summed E-state index contributed by atoms with van der Waals surface area (Å²) in [5.74, 6) is 0. The van der Waals surface area contributed by atoms with Gasteiger partial charge in [0.15, 0.2) is 0 Å². The van der Waals surface area contributed by atoms with Crippen molar-refractivity contribution in [3.63, 3.8) is 0 Å². The van der Waals surface area contributed by atoms with E-state index >= 15 is 0 Å². The zero-order valence-corrected chi connectivity index (χ0v) is 16.1. The van der Waals surface area contributed by atoms with Crippen molar-refractivity contribution >= 4 is 23.2 Å². The maximum absolute atomic E-state index is 9.17. The summed E-state index contributed by atoms with van der Waals surface area (Å²) in [6.07, 6.45) is 14.7. The molecule has 4 rings (SSSR count). The molecule has 1 aromatic rings. The number of nitrogens with zero attached hydrogens (tertiary/aromatic N) is 1. The fourth-order valence-corrected chi connectivity index (χ4v) is 5.56. The topological polar surface area (TPSA) is 23.8 Å². The summed E-state index contributed by atoms with van der Waals surface area (Å²) in [7, 11) is 0. The van der Waals surface area contributed by atoms with Crippen LogP contribution in [0.2, 0.25) is 10.0 Å². The molecule has 0 atom stereocenters. The minimum absolute atomic E-state index is 0.242. The Morgan fingerprint density at radius 2 is 1.54 bits per heavy atom. The lowest BCUT2D eigenvalue weighted by molar-refractivity contribution is 0.0305. The quantitative estimate of drug-likeness (QED) is 0.482.